The molecule has 202 valence electrons. The Bertz CT molecular complexity index is 1520. The molecule has 3 amide bonds. The van der Waals surface area contributed by atoms with E-state index in [1.165, 1.54) is 4.90 Å². The molecule has 0 radical (unpaired) electrons. The summed E-state index contributed by atoms with van der Waals surface area (Å²) in [6, 6.07) is 14.2. The number of fused-ring (bicyclic) bond motifs is 1. The van der Waals surface area contributed by atoms with Crippen molar-refractivity contribution in [2.24, 2.45) is 5.73 Å². The number of aromatic nitrogens is 2. The molecule has 1 fully saturated rings. The molecule has 2 heterocycles. The summed E-state index contributed by atoms with van der Waals surface area (Å²) in [4.78, 5) is 45.4. The number of benzene rings is 2. The van der Waals surface area contributed by atoms with Gasteiger partial charge in [-0.15, -0.1) is 0 Å². The zero-order valence-electron chi connectivity index (χ0n) is 21.8. The van der Waals surface area contributed by atoms with Gasteiger partial charge in [-0.05, 0) is 48.5 Å². The van der Waals surface area contributed by atoms with Crippen molar-refractivity contribution in [2.45, 2.75) is 57.5 Å². The highest BCUT2D eigenvalue weighted by Crippen LogP contribution is 2.37. The maximum absolute atomic E-state index is 14.4. The third-order valence-corrected chi connectivity index (χ3v) is 8.23. The quantitative estimate of drug-likeness (QED) is 0.254. The van der Waals surface area contributed by atoms with E-state index in [0.29, 0.717) is 17.7 Å². The van der Waals surface area contributed by atoms with Gasteiger partial charge in [0.05, 0.1) is 5.69 Å². The van der Waals surface area contributed by atoms with E-state index < -0.39 is 17.9 Å². The average Bonchev–Trinajstić information content (AvgIpc) is 3.55. The summed E-state index contributed by atoms with van der Waals surface area (Å²) in [6.07, 6.45) is 7.48. The Labute approximate surface area is 230 Å². The maximum atomic E-state index is 14.4. The van der Waals surface area contributed by atoms with Crippen LogP contribution >= 0.6 is 11.5 Å². The Balaban J connectivity index is 1.70. The van der Waals surface area contributed by atoms with Gasteiger partial charge in [-0.1, -0.05) is 62.6 Å². The molecule has 1 aliphatic rings. The van der Waals surface area contributed by atoms with Gasteiger partial charge in [0.2, 0.25) is 5.91 Å². The van der Waals surface area contributed by atoms with E-state index in [1.807, 2.05) is 55.5 Å². The third kappa shape index (κ3) is 5.12. The number of carbonyl (C=O) groups is 3. The van der Waals surface area contributed by atoms with Gasteiger partial charge >= 0.3 is 0 Å². The summed E-state index contributed by atoms with van der Waals surface area (Å²) in [7, 11) is 0. The summed E-state index contributed by atoms with van der Waals surface area (Å²) < 4.78 is 4.05. The Morgan fingerprint density at radius 2 is 1.82 bits per heavy atom. The predicted molar refractivity (Wildman–Crippen MR) is 154 cm³/mol. The van der Waals surface area contributed by atoms with Gasteiger partial charge in [-0.25, -0.2) is 0 Å². The number of anilines is 2. The van der Waals surface area contributed by atoms with Gasteiger partial charge in [0.25, 0.3) is 11.8 Å². The lowest BCUT2D eigenvalue weighted by Crippen LogP contribution is -2.47. The van der Waals surface area contributed by atoms with E-state index in [0.717, 1.165) is 60.1 Å². The fourth-order valence-electron chi connectivity index (χ4n) is 5.39. The Morgan fingerprint density at radius 3 is 2.54 bits per heavy atom. The first kappa shape index (κ1) is 26.4. The molecule has 5 rings (SSSR count). The number of carbonyl (C=O) groups excluding carboxylic acids is 3. The Kier molecular flexibility index (Phi) is 7.65. The highest BCUT2D eigenvalue weighted by Gasteiger charge is 2.38. The van der Waals surface area contributed by atoms with Gasteiger partial charge in [-0.3, -0.25) is 19.3 Å². The topological polar surface area (TPSA) is 147 Å². The number of nitrogens with zero attached hydrogens (tertiary/aromatic N) is 2. The van der Waals surface area contributed by atoms with E-state index in [2.05, 4.69) is 14.7 Å². The Hall–Kier alpha value is -4.18. The zero-order valence-corrected chi connectivity index (χ0v) is 22.6. The van der Waals surface area contributed by atoms with Crippen LogP contribution in [0.25, 0.3) is 10.9 Å². The molecule has 2 aromatic heterocycles. The van der Waals surface area contributed by atoms with E-state index >= 15 is 0 Å². The molecule has 39 heavy (non-hydrogen) atoms. The van der Waals surface area contributed by atoms with Gasteiger partial charge in [0.15, 0.2) is 5.69 Å². The molecule has 10 heteroatoms. The van der Waals surface area contributed by atoms with Gasteiger partial charge in [0.1, 0.15) is 10.9 Å². The monoisotopic (exact) mass is 544 g/mol. The van der Waals surface area contributed by atoms with Crippen LogP contribution in [0.4, 0.5) is 11.4 Å². The summed E-state index contributed by atoms with van der Waals surface area (Å²) in [6.45, 7) is 2.00. The third-order valence-electron chi connectivity index (χ3n) is 7.38. The van der Waals surface area contributed by atoms with Crippen molar-refractivity contribution in [3.8, 4) is 0 Å². The van der Waals surface area contributed by atoms with Crippen molar-refractivity contribution in [2.75, 3.05) is 10.6 Å². The molecule has 0 unspecified atom stereocenters. The minimum Gasteiger partial charge on any atom is -0.395 e. The van der Waals surface area contributed by atoms with Crippen LogP contribution in [0, 0.1) is 0 Å². The van der Waals surface area contributed by atoms with Gasteiger partial charge < -0.3 is 21.8 Å². The fourth-order valence-corrected chi connectivity index (χ4v) is 6.14. The first-order valence-corrected chi connectivity index (χ1v) is 14.0. The summed E-state index contributed by atoms with van der Waals surface area (Å²) in [5, 5.41) is 4.08. The number of nitrogens with one attached hydrogen (secondary N) is 2. The molecule has 0 aliphatic heterocycles. The molecule has 0 bridgehead atoms. The number of para-hydroxylation sites is 2. The average molecular weight is 545 g/mol. The van der Waals surface area contributed by atoms with Crippen molar-refractivity contribution in [1.29, 1.82) is 0 Å². The van der Waals surface area contributed by atoms with Crippen molar-refractivity contribution >= 4 is 51.5 Å². The van der Waals surface area contributed by atoms with Gasteiger partial charge in [0, 0.05) is 34.4 Å². The lowest BCUT2D eigenvalue weighted by Gasteiger charge is -2.34. The second-order valence-corrected chi connectivity index (χ2v) is 10.6. The number of H-pyrrole nitrogens is 1. The van der Waals surface area contributed by atoms with E-state index in [4.69, 9.17) is 11.5 Å². The molecule has 1 atom stereocenters. The van der Waals surface area contributed by atoms with Crippen LogP contribution in [0.1, 0.15) is 76.4 Å². The number of primary amides is 1. The molecule has 6 N–H and O–H groups in total. The number of nitrogens with two attached hydrogens (primary N) is 2. The fraction of sp³-hybridized carbons (Fsp3) is 0.310. The number of aryl methyl sites for hydroxylation is 1. The van der Waals surface area contributed by atoms with Crippen molar-refractivity contribution in [3.05, 3.63) is 76.4 Å². The minimum absolute atomic E-state index is 0.0345. The normalized spacial score (nSPS) is 14.7. The van der Waals surface area contributed by atoms with E-state index in [9.17, 15) is 14.4 Å². The SMILES string of the molecule is CCc1ccccc1N(C(=O)c1snc(C(N)=O)c1N)[C@@H](C(=O)NC1CCCCC1)c1c[nH]c2ccccc12. The van der Waals surface area contributed by atoms with Crippen LogP contribution in [0.5, 0.6) is 0 Å². The second-order valence-electron chi connectivity index (χ2n) is 9.83. The molecule has 1 aliphatic carbocycles. The number of amides is 3. The molecule has 4 aromatic rings. The molecule has 1 saturated carbocycles. The first-order chi connectivity index (χ1) is 18.9. The minimum atomic E-state index is -1.01. The molecular weight excluding hydrogens is 512 g/mol. The van der Waals surface area contributed by atoms with Crippen LogP contribution in [0.15, 0.2) is 54.7 Å². The van der Waals surface area contributed by atoms with Crippen LogP contribution < -0.4 is 21.7 Å². The second kappa shape index (κ2) is 11.3. The van der Waals surface area contributed by atoms with E-state index in [1.54, 1.807) is 6.20 Å². The molecule has 2 aromatic carbocycles. The van der Waals surface area contributed by atoms with Crippen LogP contribution in [0.2, 0.25) is 0 Å². The number of hydrogen-bond acceptors (Lipinski definition) is 6. The first-order valence-electron chi connectivity index (χ1n) is 13.2. The predicted octanol–water partition coefficient (Wildman–Crippen LogP) is 4.70. The smallest absolute Gasteiger partial charge is 0.273 e. The van der Waals surface area contributed by atoms with E-state index in [-0.39, 0.29) is 28.2 Å². The highest BCUT2D eigenvalue weighted by atomic mass is 32.1. The molecule has 9 nitrogen and oxygen atoms in total. The van der Waals surface area contributed by atoms with Gasteiger partial charge in [-0.2, -0.15) is 4.37 Å². The van der Waals surface area contributed by atoms with Crippen molar-refractivity contribution in [3.63, 3.8) is 0 Å². The number of nitrogen functional groups attached to an aromatic ring is 1. The standard InChI is InChI=1S/C29H32N6O3S/c1-2-17-10-6-9-15-22(17)35(29(38)26-23(30)24(27(31)36)34-39-26)25(28(37)33-18-11-4-3-5-12-18)20-16-32-21-14-8-7-13-19(20)21/h6-10,13-16,18,25,32H,2-5,11-12,30H2,1H3,(H2,31,36)(H,33,37)/t25-/m1/s1. The summed E-state index contributed by atoms with van der Waals surface area (Å²) in [5.74, 6) is -1.61. The lowest BCUT2D eigenvalue weighted by atomic mass is 9.94. The Morgan fingerprint density at radius 1 is 1.10 bits per heavy atom. The van der Waals surface area contributed by atoms with Crippen LogP contribution in [-0.4, -0.2) is 33.1 Å². The highest BCUT2D eigenvalue weighted by molar-refractivity contribution is 7.09. The molecular formula is C29H32N6O3S. The maximum Gasteiger partial charge on any atom is 0.273 e. The van der Waals surface area contributed by atoms with Crippen molar-refractivity contribution < 1.29 is 14.4 Å². The summed E-state index contributed by atoms with van der Waals surface area (Å²) >= 11 is 0.808. The molecule has 0 spiro atoms. The number of hydrogen-bond donors (Lipinski definition) is 4. The number of rotatable bonds is 8. The van der Waals surface area contributed by atoms with Crippen LogP contribution in [0.3, 0.4) is 0 Å². The van der Waals surface area contributed by atoms with Crippen molar-refractivity contribution in [1.82, 2.24) is 14.7 Å². The summed E-state index contributed by atoms with van der Waals surface area (Å²) in [5.41, 5.74) is 14.4. The largest absolute Gasteiger partial charge is 0.395 e. The lowest BCUT2D eigenvalue weighted by molar-refractivity contribution is -0.123. The van der Waals surface area contributed by atoms with Crippen LogP contribution in [-0.2, 0) is 11.2 Å². The molecule has 0 saturated heterocycles. The number of aromatic amines is 1. The zero-order chi connectivity index (χ0) is 27.5.